The molecule has 0 N–H and O–H groups in total. The molecule has 0 aliphatic heterocycles. The first kappa shape index (κ1) is 15.2. The Morgan fingerprint density at radius 3 is 2.05 bits per heavy atom. The third-order valence-corrected chi connectivity index (χ3v) is 5.59. The van der Waals surface area contributed by atoms with E-state index in [1.165, 1.54) is 12.8 Å². The number of carbonyl (C=O) groups is 1. The van der Waals surface area contributed by atoms with Gasteiger partial charge in [0, 0.05) is 10.00 Å². The van der Waals surface area contributed by atoms with Gasteiger partial charge in [-0.2, -0.15) is 11.8 Å². The Labute approximate surface area is 122 Å². The highest BCUT2D eigenvalue weighted by atomic mass is 32.2. The van der Waals surface area contributed by atoms with Crippen molar-refractivity contribution in [1.82, 2.24) is 0 Å². The summed E-state index contributed by atoms with van der Waals surface area (Å²) in [5, 5.41) is 0.753. The van der Waals surface area contributed by atoms with Gasteiger partial charge in [0.15, 0.2) is 0 Å². The minimum absolute atomic E-state index is 0.0409. The van der Waals surface area contributed by atoms with E-state index in [1.54, 1.807) is 0 Å². The molecule has 0 amide bonds. The molecule has 2 nitrogen and oxygen atoms in total. The van der Waals surface area contributed by atoms with Gasteiger partial charge in [-0.15, -0.1) is 0 Å². The van der Waals surface area contributed by atoms with Gasteiger partial charge in [-0.3, -0.25) is 4.79 Å². The summed E-state index contributed by atoms with van der Waals surface area (Å²) in [5.74, 6) is 1.51. The summed E-state index contributed by atoms with van der Waals surface area (Å²) in [5.41, 5.74) is -0.349. The maximum Gasteiger partial charge on any atom is 0.309 e. The van der Waals surface area contributed by atoms with Gasteiger partial charge >= 0.3 is 5.97 Å². The fourth-order valence-electron chi connectivity index (χ4n) is 3.49. The first-order valence-corrected chi connectivity index (χ1v) is 8.34. The lowest BCUT2D eigenvalue weighted by Crippen LogP contribution is -2.33. The fraction of sp³-hybridized carbons (Fsp3) is 0.938. The van der Waals surface area contributed by atoms with Gasteiger partial charge in [0.05, 0.1) is 5.92 Å². The third-order valence-electron chi connectivity index (χ3n) is 4.01. The van der Waals surface area contributed by atoms with Crippen molar-refractivity contribution < 1.29 is 9.53 Å². The van der Waals surface area contributed by atoms with Crippen LogP contribution in [-0.2, 0) is 9.53 Å². The maximum absolute atomic E-state index is 12.2. The van der Waals surface area contributed by atoms with Crippen molar-refractivity contribution in [3.05, 3.63) is 0 Å². The minimum atomic E-state index is -0.349. The van der Waals surface area contributed by atoms with Crippen molar-refractivity contribution in [1.29, 1.82) is 0 Å². The Morgan fingerprint density at radius 2 is 1.63 bits per heavy atom. The van der Waals surface area contributed by atoms with Crippen LogP contribution in [0.2, 0.25) is 0 Å². The molecular weight excluding hydrogens is 256 g/mol. The second kappa shape index (κ2) is 4.98. The summed E-state index contributed by atoms with van der Waals surface area (Å²) in [6.45, 7) is 12.7. The molecule has 2 aliphatic rings. The molecule has 0 heterocycles. The van der Waals surface area contributed by atoms with Crippen molar-refractivity contribution in [2.45, 2.75) is 76.4 Å². The van der Waals surface area contributed by atoms with Gasteiger partial charge in [-0.1, -0.05) is 20.8 Å². The average molecular weight is 284 g/mol. The lowest BCUT2D eigenvalue weighted by molar-refractivity contribution is -0.161. The predicted octanol–water partition coefficient (Wildman–Crippen LogP) is 4.27. The molecule has 2 fully saturated rings. The molecule has 110 valence electrons. The van der Waals surface area contributed by atoms with E-state index < -0.39 is 0 Å². The minimum Gasteiger partial charge on any atom is -0.460 e. The molecule has 0 radical (unpaired) electrons. The fourth-order valence-corrected chi connectivity index (χ4v) is 5.15. The molecule has 4 atom stereocenters. The maximum atomic E-state index is 12.2. The lowest BCUT2D eigenvalue weighted by Gasteiger charge is -2.32. The van der Waals surface area contributed by atoms with Crippen molar-refractivity contribution in [3.8, 4) is 0 Å². The Hall–Kier alpha value is -0.180. The van der Waals surface area contributed by atoms with Gasteiger partial charge in [0.2, 0.25) is 0 Å². The zero-order valence-electron chi connectivity index (χ0n) is 13.2. The number of rotatable bonds is 2. The summed E-state index contributed by atoms with van der Waals surface area (Å²) in [6, 6.07) is 0. The molecule has 0 saturated heterocycles. The van der Waals surface area contributed by atoms with E-state index in [2.05, 4.69) is 32.5 Å². The molecule has 4 unspecified atom stereocenters. The second-order valence-electron chi connectivity index (χ2n) is 8.14. The van der Waals surface area contributed by atoms with Crippen LogP contribution in [0.5, 0.6) is 0 Å². The first-order valence-electron chi connectivity index (χ1n) is 7.46. The van der Waals surface area contributed by atoms with E-state index in [4.69, 9.17) is 4.74 Å². The second-order valence-corrected chi connectivity index (χ2v) is 10.2. The smallest absolute Gasteiger partial charge is 0.309 e. The molecule has 2 aliphatic carbocycles. The van der Waals surface area contributed by atoms with Crippen LogP contribution in [0, 0.1) is 17.8 Å². The quantitative estimate of drug-likeness (QED) is 0.708. The standard InChI is InChI=1S/C16H28O2S/c1-15(2,3)18-14(17)12-8-11-7-10(12)9-13(11)19-16(4,5)6/h10-13H,7-9H2,1-6H3. The summed E-state index contributed by atoms with van der Waals surface area (Å²) >= 11 is 2.10. The predicted molar refractivity (Wildman–Crippen MR) is 81.3 cm³/mol. The monoisotopic (exact) mass is 284 g/mol. The Balaban J connectivity index is 1.91. The summed E-state index contributed by atoms with van der Waals surface area (Å²) in [7, 11) is 0. The first-order chi connectivity index (χ1) is 8.55. The van der Waals surface area contributed by atoms with Crippen molar-refractivity contribution in [2.75, 3.05) is 0 Å². The largest absolute Gasteiger partial charge is 0.460 e. The molecular formula is C16H28O2S. The topological polar surface area (TPSA) is 26.3 Å². The number of hydrogen-bond donors (Lipinski definition) is 0. The van der Waals surface area contributed by atoms with Crippen LogP contribution in [-0.4, -0.2) is 21.6 Å². The van der Waals surface area contributed by atoms with Crippen LogP contribution < -0.4 is 0 Å². The molecule has 0 spiro atoms. The van der Waals surface area contributed by atoms with Gasteiger partial charge in [0.25, 0.3) is 0 Å². The Morgan fingerprint density at radius 1 is 1.00 bits per heavy atom. The summed E-state index contributed by atoms with van der Waals surface area (Å²) < 4.78 is 5.89. The van der Waals surface area contributed by atoms with E-state index >= 15 is 0 Å². The van der Waals surface area contributed by atoms with E-state index in [-0.39, 0.29) is 17.5 Å². The van der Waals surface area contributed by atoms with E-state index in [1.807, 2.05) is 20.8 Å². The number of hydrogen-bond acceptors (Lipinski definition) is 3. The van der Waals surface area contributed by atoms with Crippen molar-refractivity contribution in [2.24, 2.45) is 17.8 Å². The van der Waals surface area contributed by atoms with E-state index in [9.17, 15) is 4.79 Å². The SMILES string of the molecule is CC(C)(C)OC(=O)C1CC2CC1CC2SC(C)(C)C. The summed E-state index contributed by atoms with van der Waals surface area (Å²) in [6.07, 6.45) is 3.49. The lowest BCUT2D eigenvalue weighted by atomic mass is 9.88. The van der Waals surface area contributed by atoms with Crippen LogP contribution in [0.15, 0.2) is 0 Å². The molecule has 2 saturated carbocycles. The molecule has 0 aromatic rings. The molecule has 3 heteroatoms. The summed E-state index contributed by atoms with van der Waals surface area (Å²) in [4.78, 5) is 12.2. The highest BCUT2D eigenvalue weighted by Crippen LogP contribution is 2.55. The zero-order chi connectivity index (χ0) is 14.4. The molecule has 0 aromatic carbocycles. The Bertz CT molecular complexity index is 351. The number of ether oxygens (including phenoxy) is 1. The van der Waals surface area contributed by atoms with Crippen molar-refractivity contribution in [3.63, 3.8) is 0 Å². The number of fused-ring (bicyclic) bond motifs is 2. The molecule has 19 heavy (non-hydrogen) atoms. The van der Waals surface area contributed by atoms with Crippen LogP contribution in [0.1, 0.15) is 60.8 Å². The van der Waals surface area contributed by atoms with E-state index in [0.29, 0.717) is 10.7 Å². The van der Waals surface area contributed by atoms with Crippen LogP contribution in [0.3, 0.4) is 0 Å². The van der Waals surface area contributed by atoms with E-state index in [0.717, 1.165) is 17.6 Å². The number of esters is 1. The number of thioether (sulfide) groups is 1. The average Bonchev–Trinajstić information content (AvgIpc) is 2.70. The highest BCUT2D eigenvalue weighted by Gasteiger charge is 2.50. The normalized spacial score (nSPS) is 34.6. The molecule has 2 rings (SSSR count). The Kier molecular flexibility index (Phi) is 3.99. The molecule has 0 aromatic heterocycles. The number of carbonyl (C=O) groups excluding carboxylic acids is 1. The van der Waals surface area contributed by atoms with Gasteiger partial charge < -0.3 is 4.74 Å². The van der Waals surface area contributed by atoms with Gasteiger partial charge in [0.1, 0.15) is 5.60 Å². The van der Waals surface area contributed by atoms with Crippen LogP contribution >= 0.6 is 11.8 Å². The van der Waals surface area contributed by atoms with Crippen LogP contribution in [0.4, 0.5) is 0 Å². The van der Waals surface area contributed by atoms with Crippen LogP contribution in [0.25, 0.3) is 0 Å². The van der Waals surface area contributed by atoms with Gasteiger partial charge in [-0.05, 0) is 51.9 Å². The van der Waals surface area contributed by atoms with Crippen molar-refractivity contribution >= 4 is 17.7 Å². The highest BCUT2D eigenvalue weighted by molar-refractivity contribution is 8.01. The molecule has 2 bridgehead atoms. The zero-order valence-corrected chi connectivity index (χ0v) is 14.0. The third kappa shape index (κ3) is 3.90. The van der Waals surface area contributed by atoms with Gasteiger partial charge in [-0.25, -0.2) is 0 Å².